The molecule has 1 fully saturated rings. The third-order valence-corrected chi connectivity index (χ3v) is 6.96. The van der Waals surface area contributed by atoms with Crippen LogP contribution in [0.15, 0.2) is 61.2 Å². The largest absolute Gasteiger partial charge is 0.386 e. The standard InChI is InChI=1S/C27H31N5O2/c1-30-17-20(21-6-3-4-7-24(21)30)8-9-26(33)31(2)18-27(34)12-5-15-32(19-27)25-11-14-29-23-10-13-28-16-22(23)25/h3-4,6-7,10-11,13-14,16-17,34H,5,8-9,12,15,18-19H2,1-2H3/t27-/m0/s1. The van der Waals surface area contributed by atoms with Gasteiger partial charge >= 0.3 is 0 Å². The van der Waals surface area contributed by atoms with Gasteiger partial charge in [0, 0.05) is 80.4 Å². The zero-order valence-corrected chi connectivity index (χ0v) is 19.8. The second-order valence-electron chi connectivity index (χ2n) is 9.50. The molecule has 0 aliphatic carbocycles. The van der Waals surface area contributed by atoms with Crippen molar-refractivity contribution >= 4 is 33.4 Å². The lowest BCUT2D eigenvalue weighted by Gasteiger charge is -2.42. The van der Waals surface area contributed by atoms with E-state index in [0.29, 0.717) is 32.4 Å². The van der Waals surface area contributed by atoms with Crippen molar-refractivity contribution in [2.24, 2.45) is 7.05 Å². The molecule has 0 unspecified atom stereocenters. The summed E-state index contributed by atoms with van der Waals surface area (Å²) in [6.07, 6.45) is 10.1. The van der Waals surface area contributed by atoms with Crippen molar-refractivity contribution in [2.75, 3.05) is 31.6 Å². The zero-order valence-electron chi connectivity index (χ0n) is 19.8. The zero-order chi connectivity index (χ0) is 23.7. The highest BCUT2D eigenvalue weighted by Crippen LogP contribution is 2.31. The summed E-state index contributed by atoms with van der Waals surface area (Å²) in [5.41, 5.74) is 3.32. The van der Waals surface area contributed by atoms with Crippen LogP contribution in [0.3, 0.4) is 0 Å². The van der Waals surface area contributed by atoms with E-state index in [4.69, 9.17) is 0 Å². The Bertz CT molecular complexity index is 1330. The Kier molecular flexibility index (Phi) is 5.96. The van der Waals surface area contributed by atoms with Crippen molar-refractivity contribution in [3.05, 3.63) is 66.7 Å². The molecule has 3 aromatic heterocycles. The van der Waals surface area contributed by atoms with Gasteiger partial charge in [0.2, 0.25) is 5.91 Å². The Hall–Kier alpha value is -3.45. The summed E-state index contributed by atoms with van der Waals surface area (Å²) < 4.78 is 2.11. The van der Waals surface area contributed by atoms with Gasteiger partial charge in [-0.15, -0.1) is 0 Å². The molecule has 7 heteroatoms. The molecule has 1 N–H and O–H groups in total. The van der Waals surface area contributed by atoms with Crippen LogP contribution in [0.25, 0.3) is 21.8 Å². The fourth-order valence-corrected chi connectivity index (χ4v) is 5.28. The minimum atomic E-state index is -0.958. The number of carbonyl (C=O) groups excluding carboxylic acids is 1. The van der Waals surface area contributed by atoms with Crippen molar-refractivity contribution in [2.45, 2.75) is 31.3 Å². The molecule has 7 nitrogen and oxygen atoms in total. The number of piperidine rings is 1. The Morgan fingerprint density at radius 3 is 2.91 bits per heavy atom. The first-order chi connectivity index (χ1) is 16.4. The van der Waals surface area contributed by atoms with Gasteiger partial charge in [-0.25, -0.2) is 0 Å². The third-order valence-electron chi connectivity index (χ3n) is 6.96. The molecular formula is C27H31N5O2. The first-order valence-electron chi connectivity index (χ1n) is 11.9. The number of rotatable bonds is 6. The number of likely N-dealkylation sites (N-methyl/N-ethyl adjacent to an activating group) is 1. The van der Waals surface area contributed by atoms with E-state index in [1.807, 2.05) is 37.5 Å². The molecule has 1 saturated heterocycles. The Morgan fingerprint density at radius 1 is 1.18 bits per heavy atom. The van der Waals surface area contributed by atoms with Gasteiger partial charge in [0.15, 0.2) is 0 Å². The molecule has 34 heavy (non-hydrogen) atoms. The molecule has 1 atom stereocenters. The normalized spacial score (nSPS) is 18.5. The minimum absolute atomic E-state index is 0.0528. The molecule has 176 valence electrons. The molecule has 1 amide bonds. The van der Waals surface area contributed by atoms with E-state index in [1.54, 1.807) is 24.3 Å². The SMILES string of the molecule is CN(C[C@@]1(O)CCCN(c2ccnc3ccncc23)C1)C(=O)CCc1cn(C)c2ccccc12. The van der Waals surface area contributed by atoms with Crippen LogP contribution in [0, 0.1) is 0 Å². The van der Waals surface area contributed by atoms with E-state index < -0.39 is 5.60 Å². The minimum Gasteiger partial charge on any atom is -0.386 e. The summed E-state index contributed by atoms with van der Waals surface area (Å²) in [6.45, 7) is 1.65. The third kappa shape index (κ3) is 4.35. The number of β-amino-alcohol motifs (C(OH)–C–C–N with tert-alkyl or cyclic N) is 1. The maximum Gasteiger partial charge on any atom is 0.222 e. The monoisotopic (exact) mass is 457 g/mol. The molecule has 0 saturated carbocycles. The molecule has 5 rings (SSSR count). The van der Waals surface area contributed by atoms with Gasteiger partial charge in [-0.3, -0.25) is 14.8 Å². The number of nitrogens with zero attached hydrogens (tertiary/aromatic N) is 5. The maximum atomic E-state index is 13.0. The van der Waals surface area contributed by atoms with E-state index in [9.17, 15) is 9.90 Å². The number of hydrogen-bond acceptors (Lipinski definition) is 5. The fraction of sp³-hybridized carbons (Fsp3) is 0.370. The molecule has 0 radical (unpaired) electrons. The predicted molar refractivity (Wildman–Crippen MR) is 135 cm³/mol. The van der Waals surface area contributed by atoms with Gasteiger partial charge in [-0.1, -0.05) is 18.2 Å². The number of aliphatic hydroxyl groups is 1. The number of fused-ring (bicyclic) bond motifs is 2. The lowest BCUT2D eigenvalue weighted by atomic mass is 9.91. The molecule has 4 heterocycles. The number of aromatic nitrogens is 3. The van der Waals surface area contributed by atoms with Gasteiger partial charge in [-0.2, -0.15) is 0 Å². The van der Waals surface area contributed by atoms with E-state index in [0.717, 1.165) is 29.6 Å². The number of anilines is 1. The highest BCUT2D eigenvalue weighted by Gasteiger charge is 2.36. The predicted octanol–water partition coefficient (Wildman–Crippen LogP) is 3.54. The van der Waals surface area contributed by atoms with Crippen molar-refractivity contribution in [1.82, 2.24) is 19.4 Å². The summed E-state index contributed by atoms with van der Waals surface area (Å²) in [4.78, 5) is 25.6. The Labute approximate surface area is 199 Å². The highest BCUT2D eigenvalue weighted by atomic mass is 16.3. The van der Waals surface area contributed by atoms with E-state index in [-0.39, 0.29) is 5.91 Å². The molecule has 1 aliphatic rings. The highest BCUT2D eigenvalue weighted by molar-refractivity contribution is 5.90. The average Bonchev–Trinajstić information content (AvgIpc) is 3.17. The maximum absolute atomic E-state index is 13.0. The van der Waals surface area contributed by atoms with E-state index >= 15 is 0 Å². The van der Waals surface area contributed by atoms with Crippen molar-refractivity contribution in [3.63, 3.8) is 0 Å². The summed E-state index contributed by atoms with van der Waals surface area (Å²) >= 11 is 0. The molecule has 4 aromatic rings. The van der Waals surface area contributed by atoms with Crippen LogP contribution in [0.1, 0.15) is 24.8 Å². The number of aryl methyl sites for hydroxylation is 2. The number of hydrogen-bond donors (Lipinski definition) is 1. The van der Waals surface area contributed by atoms with Gasteiger partial charge in [-0.05, 0) is 43.0 Å². The molecule has 1 aromatic carbocycles. The van der Waals surface area contributed by atoms with E-state index in [2.05, 4.69) is 37.8 Å². The fourth-order valence-electron chi connectivity index (χ4n) is 5.28. The van der Waals surface area contributed by atoms with Gasteiger partial charge in [0.1, 0.15) is 0 Å². The lowest BCUT2D eigenvalue weighted by Crippen LogP contribution is -2.54. The van der Waals surface area contributed by atoms with Crippen LogP contribution in [-0.2, 0) is 18.3 Å². The van der Waals surface area contributed by atoms with Gasteiger partial charge in [0.05, 0.1) is 17.7 Å². The molecular weight excluding hydrogens is 426 g/mol. The summed E-state index contributed by atoms with van der Waals surface area (Å²) in [5.74, 6) is 0.0528. The summed E-state index contributed by atoms with van der Waals surface area (Å²) in [6, 6.07) is 12.2. The van der Waals surface area contributed by atoms with Crippen LogP contribution in [0.4, 0.5) is 5.69 Å². The van der Waals surface area contributed by atoms with Crippen LogP contribution in [0.5, 0.6) is 0 Å². The smallest absolute Gasteiger partial charge is 0.222 e. The first kappa shape index (κ1) is 22.3. The number of benzene rings is 1. The lowest BCUT2D eigenvalue weighted by molar-refractivity contribution is -0.133. The van der Waals surface area contributed by atoms with Crippen molar-refractivity contribution in [1.29, 1.82) is 0 Å². The van der Waals surface area contributed by atoms with Gasteiger partial charge < -0.3 is 19.5 Å². The van der Waals surface area contributed by atoms with Crippen LogP contribution >= 0.6 is 0 Å². The van der Waals surface area contributed by atoms with Crippen LogP contribution in [0.2, 0.25) is 0 Å². The Balaban J connectivity index is 1.25. The molecule has 0 spiro atoms. The molecule has 0 bridgehead atoms. The Morgan fingerprint density at radius 2 is 2.03 bits per heavy atom. The molecule has 1 aliphatic heterocycles. The second-order valence-corrected chi connectivity index (χ2v) is 9.50. The first-order valence-corrected chi connectivity index (χ1v) is 11.9. The van der Waals surface area contributed by atoms with Crippen molar-refractivity contribution < 1.29 is 9.90 Å². The average molecular weight is 458 g/mol. The summed E-state index contributed by atoms with van der Waals surface area (Å²) in [5, 5.41) is 13.6. The van der Waals surface area contributed by atoms with Crippen LogP contribution < -0.4 is 4.90 Å². The quantitative estimate of drug-likeness (QED) is 0.479. The second kappa shape index (κ2) is 9.06. The number of amides is 1. The number of pyridine rings is 2. The number of para-hydroxylation sites is 1. The van der Waals surface area contributed by atoms with Crippen LogP contribution in [-0.4, -0.2) is 62.7 Å². The van der Waals surface area contributed by atoms with E-state index in [1.165, 1.54) is 16.5 Å². The van der Waals surface area contributed by atoms with Crippen molar-refractivity contribution in [3.8, 4) is 0 Å². The summed E-state index contributed by atoms with van der Waals surface area (Å²) in [7, 11) is 3.83. The number of carbonyl (C=O) groups is 1. The topological polar surface area (TPSA) is 74.5 Å². The van der Waals surface area contributed by atoms with Gasteiger partial charge in [0.25, 0.3) is 0 Å².